The first-order valence-electron chi connectivity index (χ1n) is 3.92. The molecule has 0 saturated carbocycles. The maximum absolute atomic E-state index is 12.8. The van der Waals surface area contributed by atoms with Crippen LogP contribution in [0.25, 0.3) is 0 Å². The van der Waals surface area contributed by atoms with Crippen LogP contribution in [0.1, 0.15) is 6.42 Å². The monoisotopic (exact) mass is 164 g/mol. The molecule has 0 aromatic carbocycles. The molecule has 0 radical (unpaired) electrons. The van der Waals surface area contributed by atoms with E-state index in [1.165, 1.54) is 6.08 Å². The van der Waals surface area contributed by atoms with Crippen molar-refractivity contribution in [2.24, 2.45) is 0 Å². The van der Waals surface area contributed by atoms with Crippen molar-refractivity contribution in [1.29, 1.82) is 0 Å². The molecule has 0 fully saturated rings. The molecular formula is C10H9FO. The van der Waals surface area contributed by atoms with Gasteiger partial charge < -0.3 is 4.74 Å². The summed E-state index contributed by atoms with van der Waals surface area (Å²) in [6, 6.07) is 0. The van der Waals surface area contributed by atoms with E-state index in [0.717, 1.165) is 11.3 Å². The molecule has 0 N–H and O–H groups in total. The van der Waals surface area contributed by atoms with Crippen molar-refractivity contribution in [1.82, 2.24) is 0 Å². The Bertz CT molecular complexity index is 308. The molecule has 2 heteroatoms. The van der Waals surface area contributed by atoms with Crippen molar-refractivity contribution in [3.8, 4) is 0 Å². The van der Waals surface area contributed by atoms with Crippen LogP contribution < -0.4 is 0 Å². The smallest absolute Gasteiger partial charge is 0.123 e. The van der Waals surface area contributed by atoms with E-state index in [2.05, 4.69) is 0 Å². The van der Waals surface area contributed by atoms with Crippen molar-refractivity contribution < 1.29 is 9.13 Å². The molecule has 2 rings (SSSR count). The summed E-state index contributed by atoms with van der Waals surface area (Å²) in [6.07, 6.45) is 9.20. The molecule has 12 heavy (non-hydrogen) atoms. The molecule has 0 atom stereocenters. The van der Waals surface area contributed by atoms with Crippen molar-refractivity contribution in [3.63, 3.8) is 0 Å². The predicted molar refractivity (Wildman–Crippen MR) is 45.1 cm³/mol. The second-order valence-corrected chi connectivity index (χ2v) is 2.72. The third-order valence-electron chi connectivity index (χ3n) is 1.84. The third kappa shape index (κ3) is 1.33. The lowest BCUT2D eigenvalue weighted by atomic mass is 10.1. The third-order valence-corrected chi connectivity index (χ3v) is 1.84. The standard InChI is InChI=1S/C10H9FO/c11-9-4-3-8-2-1-7-12-10(8)6-5-9/h1-4,6H,5,7H2. The van der Waals surface area contributed by atoms with Gasteiger partial charge in [0.25, 0.3) is 0 Å². The minimum atomic E-state index is -0.124. The number of hydrogen-bond acceptors (Lipinski definition) is 1. The average Bonchev–Trinajstić information content (AvgIpc) is 2.29. The maximum Gasteiger partial charge on any atom is 0.123 e. The summed E-state index contributed by atoms with van der Waals surface area (Å²) < 4.78 is 18.1. The number of halogens is 1. The van der Waals surface area contributed by atoms with E-state index in [0.29, 0.717) is 13.0 Å². The fraction of sp³-hybridized carbons (Fsp3) is 0.200. The molecule has 0 saturated heterocycles. The van der Waals surface area contributed by atoms with Gasteiger partial charge in [-0.1, -0.05) is 6.08 Å². The van der Waals surface area contributed by atoms with E-state index in [-0.39, 0.29) is 5.83 Å². The summed E-state index contributed by atoms with van der Waals surface area (Å²) in [7, 11) is 0. The fourth-order valence-electron chi connectivity index (χ4n) is 1.23. The first kappa shape index (κ1) is 7.35. The first-order chi connectivity index (χ1) is 5.86. The molecule has 1 aliphatic heterocycles. The Hall–Kier alpha value is -1.31. The van der Waals surface area contributed by atoms with Gasteiger partial charge in [-0.2, -0.15) is 0 Å². The van der Waals surface area contributed by atoms with Gasteiger partial charge in [0.2, 0.25) is 0 Å². The zero-order valence-corrected chi connectivity index (χ0v) is 6.59. The van der Waals surface area contributed by atoms with E-state index in [1.807, 2.05) is 12.2 Å². The fourth-order valence-corrected chi connectivity index (χ4v) is 1.23. The Morgan fingerprint density at radius 2 is 2.25 bits per heavy atom. The zero-order valence-electron chi connectivity index (χ0n) is 6.59. The quantitative estimate of drug-likeness (QED) is 0.534. The Morgan fingerprint density at radius 1 is 1.33 bits per heavy atom. The van der Waals surface area contributed by atoms with Gasteiger partial charge in [0.05, 0.1) is 0 Å². The topological polar surface area (TPSA) is 9.23 Å². The molecule has 1 aliphatic carbocycles. The van der Waals surface area contributed by atoms with Gasteiger partial charge in [0, 0.05) is 12.0 Å². The Morgan fingerprint density at radius 3 is 3.17 bits per heavy atom. The summed E-state index contributed by atoms with van der Waals surface area (Å²) >= 11 is 0. The molecule has 0 bridgehead atoms. The number of hydrogen-bond donors (Lipinski definition) is 0. The Labute approximate surface area is 70.5 Å². The van der Waals surface area contributed by atoms with Crippen molar-refractivity contribution >= 4 is 0 Å². The van der Waals surface area contributed by atoms with Gasteiger partial charge in [-0.05, 0) is 24.3 Å². The highest BCUT2D eigenvalue weighted by atomic mass is 19.1. The van der Waals surface area contributed by atoms with E-state index in [9.17, 15) is 4.39 Å². The molecular weight excluding hydrogens is 155 g/mol. The van der Waals surface area contributed by atoms with Crippen LogP contribution in [0.2, 0.25) is 0 Å². The van der Waals surface area contributed by atoms with Crippen LogP contribution in [-0.2, 0) is 4.74 Å². The van der Waals surface area contributed by atoms with Crippen LogP contribution in [0.15, 0.2) is 47.5 Å². The Balaban J connectivity index is 2.37. The molecule has 1 heterocycles. The lowest BCUT2D eigenvalue weighted by Crippen LogP contribution is -1.99. The number of fused-ring (bicyclic) bond motifs is 1. The lowest BCUT2D eigenvalue weighted by molar-refractivity contribution is 0.250. The van der Waals surface area contributed by atoms with E-state index < -0.39 is 0 Å². The van der Waals surface area contributed by atoms with Gasteiger partial charge in [-0.25, -0.2) is 4.39 Å². The first-order valence-corrected chi connectivity index (χ1v) is 3.92. The molecule has 0 aromatic heterocycles. The van der Waals surface area contributed by atoms with Crippen molar-refractivity contribution in [3.05, 3.63) is 47.5 Å². The van der Waals surface area contributed by atoms with Crippen LogP contribution in [0.3, 0.4) is 0 Å². The normalized spacial score (nSPS) is 21.2. The van der Waals surface area contributed by atoms with Crippen LogP contribution in [0.5, 0.6) is 0 Å². The zero-order chi connectivity index (χ0) is 8.39. The average molecular weight is 164 g/mol. The summed E-state index contributed by atoms with van der Waals surface area (Å²) in [5.74, 6) is 0.669. The predicted octanol–water partition coefficient (Wildman–Crippen LogP) is 2.64. The largest absolute Gasteiger partial charge is 0.489 e. The van der Waals surface area contributed by atoms with Crippen molar-refractivity contribution in [2.45, 2.75) is 6.42 Å². The SMILES string of the molecule is FC1=CC=C2C=CCOC2=CC1. The number of ether oxygens (including phenoxy) is 1. The molecule has 0 amide bonds. The lowest BCUT2D eigenvalue weighted by Gasteiger charge is -2.12. The molecule has 2 aliphatic rings. The van der Waals surface area contributed by atoms with Gasteiger partial charge in [-0.3, -0.25) is 0 Å². The van der Waals surface area contributed by atoms with Crippen LogP contribution in [0, 0.1) is 0 Å². The van der Waals surface area contributed by atoms with Crippen LogP contribution in [0.4, 0.5) is 4.39 Å². The van der Waals surface area contributed by atoms with Crippen LogP contribution >= 0.6 is 0 Å². The highest BCUT2D eigenvalue weighted by Gasteiger charge is 2.09. The maximum atomic E-state index is 12.8. The minimum Gasteiger partial charge on any atom is -0.489 e. The number of allylic oxidation sites excluding steroid dienone is 5. The molecule has 62 valence electrons. The molecule has 1 nitrogen and oxygen atoms in total. The number of rotatable bonds is 0. The van der Waals surface area contributed by atoms with E-state index in [1.54, 1.807) is 12.2 Å². The summed E-state index contributed by atoms with van der Waals surface area (Å²) in [5, 5.41) is 0. The molecule has 0 spiro atoms. The summed E-state index contributed by atoms with van der Waals surface area (Å²) in [6.45, 7) is 0.588. The van der Waals surface area contributed by atoms with Crippen molar-refractivity contribution in [2.75, 3.05) is 6.61 Å². The second kappa shape index (κ2) is 2.97. The summed E-state index contributed by atoms with van der Waals surface area (Å²) in [4.78, 5) is 0. The van der Waals surface area contributed by atoms with Gasteiger partial charge >= 0.3 is 0 Å². The summed E-state index contributed by atoms with van der Waals surface area (Å²) in [5.41, 5.74) is 0.953. The highest BCUT2D eigenvalue weighted by Crippen LogP contribution is 2.23. The van der Waals surface area contributed by atoms with Gasteiger partial charge in [0.15, 0.2) is 0 Å². The van der Waals surface area contributed by atoms with Gasteiger partial charge in [-0.15, -0.1) is 0 Å². The second-order valence-electron chi connectivity index (χ2n) is 2.72. The molecule has 0 aromatic rings. The minimum absolute atomic E-state index is 0.124. The van der Waals surface area contributed by atoms with Gasteiger partial charge in [0.1, 0.15) is 18.2 Å². The van der Waals surface area contributed by atoms with E-state index in [4.69, 9.17) is 4.74 Å². The van der Waals surface area contributed by atoms with E-state index >= 15 is 0 Å². The molecule has 0 unspecified atom stereocenters. The Kier molecular flexibility index (Phi) is 1.82. The van der Waals surface area contributed by atoms with Crippen LogP contribution in [-0.4, -0.2) is 6.61 Å². The highest BCUT2D eigenvalue weighted by molar-refractivity contribution is 5.42.